The standard InChI is InChI=1S/C21H26FN5O/c1-23-21(28)17-6-3-9-24-20(17)27-10-7-14(8-11-27)19-18(13-25-26-19)15-4-2-5-16(22)12-15/h2-6,9,12,14,18-19,25-26H,7-8,10-11,13H2,1H3,(H,23,28). The molecule has 1 aromatic carbocycles. The first-order chi connectivity index (χ1) is 13.7. The smallest absolute Gasteiger partial charge is 0.254 e. The summed E-state index contributed by atoms with van der Waals surface area (Å²) in [7, 11) is 1.64. The molecule has 0 aliphatic carbocycles. The molecular formula is C21H26FN5O. The highest BCUT2D eigenvalue weighted by Crippen LogP contribution is 2.34. The van der Waals surface area contributed by atoms with Crippen molar-refractivity contribution in [1.82, 2.24) is 21.2 Å². The van der Waals surface area contributed by atoms with Gasteiger partial charge in [0.05, 0.1) is 5.56 Å². The highest BCUT2D eigenvalue weighted by molar-refractivity contribution is 5.98. The molecule has 3 N–H and O–H groups in total. The number of hydrogen-bond acceptors (Lipinski definition) is 5. The maximum atomic E-state index is 13.7. The van der Waals surface area contributed by atoms with Crippen molar-refractivity contribution in [1.29, 1.82) is 0 Å². The second-order valence-electron chi connectivity index (χ2n) is 7.49. The molecule has 2 fully saturated rings. The van der Waals surface area contributed by atoms with Crippen molar-refractivity contribution < 1.29 is 9.18 Å². The largest absolute Gasteiger partial charge is 0.356 e. The molecule has 2 saturated heterocycles. The van der Waals surface area contributed by atoms with Crippen molar-refractivity contribution in [3.8, 4) is 0 Å². The number of carbonyl (C=O) groups is 1. The molecule has 28 heavy (non-hydrogen) atoms. The average molecular weight is 383 g/mol. The fraction of sp³-hybridized carbons (Fsp3) is 0.429. The third-order valence-corrected chi connectivity index (χ3v) is 5.91. The Morgan fingerprint density at radius 1 is 1.25 bits per heavy atom. The van der Waals surface area contributed by atoms with Gasteiger partial charge >= 0.3 is 0 Å². The number of anilines is 1. The lowest BCUT2D eigenvalue weighted by atomic mass is 9.80. The lowest BCUT2D eigenvalue weighted by Crippen LogP contribution is -2.44. The first-order valence-corrected chi connectivity index (χ1v) is 9.83. The monoisotopic (exact) mass is 383 g/mol. The van der Waals surface area contributed by atoms with Crippen LogP contribution in [0.4, 0.5) is 10.2 Å². The average Bonchev–Trinajstić information content (AvgIpc) is 3.23. The summed E-state index contributed by atoms with van der Waals surface area (Å²) in [6, 6.07) is 10.8. The van der Waals surface area contributed by atoms with Gasteiger partial charge in [-0.1, -0.05) is 12.1 Å². The first-order valence-electron chi connectivity index (χ1n) is 9.83. The quantitative estimate of drug-likeness (QED) is 0.754. The first kappa shape index (κ1) is 18.8. The van der Waals surface area contributed by atoms with E-state index in [1.807, 2.05) is 12.1 Å². The molecule has 148 valence electrons. The summed E-state index contributed by atoms with van der Waals surface area (Å²) in [6.45, 7) is 2.49. The van der Waals surface area contributed by atoms with E-state index < -0.39 is 0 Å². The number of nitrogens with zero attached hydrogens (tertiary/aromatic N) is 2. The molecule has 3 heterocycles. The third-order valence-electron chi connectivity index (χ3n) is 5.91. The number of pyridine rings is 1. The van der Waals surface area contributed by atoms with Gasteiger partial charge in [-0.3, -0.25) is 15.6 Å². The van der Waals surface area contributed by atoms with Crippen LogP contribution in [0, 0.1) is 11.7 Å². The third kappa shape index (κ3) is 3.72. The van der Waals surface area contributed by atoms with Crippen molar-refractivity contribution in [3.63, 3.8) is 0 Å². The number of benzene rings is 1. The number of rotatable bonds is 4. The summed E-state index contributed by atoms with van der Waals surface area (Å²) in [6.07, 6.45) is 3.72. The Hall–Kier alpha value is -2.51. The van der Waals surface area contributed by atoms with Crippen molar-refractivity contribution in [2.24, 2.45) is 5.92 Å². The molecular weight excluding hydrogens is 357 g/mol. The predicted octanol–water partition coefficient (Wildman–Crippen LogP) is 2.06. The molecule has 2 aliphatic rings. The summed E-state index contributed by atoms with van der Waals surface area (Å²) >= 11 is 0. The molecule has 4 rings (SSSR count). The number of hydrazine groups is 1. The number of amides is 1. The summed E-state index contributed by atoms with van der Waals surface area (Å²) in [5, 5.41) is 2.69. The molecule has 2 unspecified atom stereocenters. The van der Waals surface area contributed by atoms with Crippen molar-refractivity contribution in [2.45, 2.75) is 24.8 Å². The second kappa shape index (κ2) is 8.24. The predicted molar refractivity (Wildman–Crippen MR) is 107 cm³/mol. The van der Waals surface area contributed by atoms with Gasteiger partial charge in [0, 0.05) is 44.8 Å². The highest BCUT2D eigenvalue weighted by Gasteiger charge is 2.36. The van der Waals surface area contributed by atoms with E-state index in [4.69, 9.17) is 0 Å². The van der Waals surface area contributed by atoms with Crippen molar-refractivity contribution in [3.05, 3.63) is 59.5 Å². The number of carbonyl (C=O) groups excluding carboxylic acids is 1. The molecule has 1 aromatic heterocycles. The fourth-order valence-electron chi connectivity index (χ4n) is 4.45. The van der Waals surface area contributed by atoms with Gasteiger partial charge in [-0.05, 0) is 48.6 Å². The molecule has 0 saturated carbocycles. The Labute approximate surface area is 164 Å². The second-order valence-corrected chi connectivity index (χ2v) is 7.49. The van der Waals surface area contributed by atoms with Gasteiger partial charge in [-0.25, -0.2) is 9.37 Å². The number of aromatic nitrogens is 1. The summed E-state index contributed by atoms with van der Waals surface area (Å²) in [5.74, 6) is 1.18. The summed E-state index contributed by atoms with van der Waals surface area (Å²) < 4.78 is 13.7. The van der Waals surface area contributed by atoms with Crippen LogP contribution in [0.15, 0.2) is 42.6 Å². The van der Waals surface area contributed by atoms with E-state index in [2.05, 4.69) is 26.1 Å². The van der Waals surface area contributed by atoms with Crippen LogP contribution in [0.5, 0.6) is 0 Å². The topological polar surface area (TPSA) is 69.3 Å². The van der Waals surface area contributed by atoms with Gasteiger partial charge in [0.2, 0.25) is 0 Å². The van der Waals surface area contributed by atoms with Crippen molar-refractivity contribution in [2.75, 3.05) is 31.6 Å². The van der Waals surface area contributed by atoms with Gasteiger partial charge in [0.1, 0.15) is 11.6 Å². The zero-order valence-corrected chi connectivity index (χ0v) is 16.0. The lowest BCUT2D eigenvalue weighted by molar-refractivity contribution is 0.0963. The van der Waals surface area contributed by atoms with Gasteiger partial charge in [0.15, 0.2) is 0 Å². The van der Waals surface area contributed by atoms with Crippen LogP contribution in [0.25, 0.3) is 0 Å². The van der Waals surface area contributed by atoms with Crippen LogP contribution in [0.1, 0.15) is 34.7 Å². The number of piperidine rings is 1. The SMILES string of the molecule is CNC(=O)c1cccnc1N1CCC(C2NNCC2c2cccc(F)c2)CC1. The Morgan fingerprint density at radius 3 is 2.82 bits per heavy atom. The van der Waals surface area contributed by atoms with Crippen molar-refractivity contribution >= 4 is 11.7 Å². The van der Waals surface area contributed by atoms with Gasteiger partial charge < -0.3 is 10.2 Å². The number of halogens is 1. The minimum Gasteiger partial charge on any atom is -0.356 e. The molecule has 2 atom stereocenters. The van der Waals surface area contributed by atoms with E-state index >= 15 is 0 Å². The van der Waals surface area contributed by atoms with E-state index in [1.54, 1.807) is 31.4 Å². The summed E-state index contributed by atoms with van der Waals surface area (Å²) in [5.41, 5.74) is 8.33. The molecule has 2 aromatic rings. The Morgan fingerprint density at radius 2 is 2.07 bits per heavy atom. The van der Waals surface area contributed by atoms with E-state index in [0.717, 1.165) is 43.9 Å². The molecule has 0 spiro atoms. The molecule has 0 bridgehead atoms. The van der Waals surface area contributed by atoms with E-state index in [0.29, 0.717) is 11.5 Å². The Kier molecular flexibility index (Phi) is 5.54. The highest BCUT2D eigenvalue weighted by atomic mass is 19.1. The van der Waals surface area contributed by atoms with Crippen LogP contribution in [-0.4, -0.2) is 43.6 Å². The molecule has 7 heteroatoms. The molecule has 0 radical (unpaired) electrons. The molecule has 1 amide bonds. The lowest BCUT2D eigenvalue weighted by Gasteiger charge is -2.37. The fourth-order valence-corrected chi connectivity index (χ4v) is 4.45. The number of hydrogen-bond donors (Lipinski definition) is 3. The normalized spacial score (nSPS) is 23.0. The maximum Gasteiger partial charge on any atom is 0.254 e. The van der Waals surface area contributed by atoms with Crippen LogP contribution < -0.4 is 21.1 Å². The van der Waals surface area contributed by atoms with E-state index in [1.165, 1.54) is 6.07 Å². The maximum absolute atomic E-state index is 13.7. The minimum atomic E-state index is -0.185. The van der Waals surface area contributed by atoms with Gasteiger partial charge in [-0.15, -0.1) is 0 Å². The number of nitrogens with one attached hydrogen (secondary N) is 3. The molecule has 2 aliphatic heterocycles. The zero-order valence-electron chi connectivity index (χ0n) is 16.0. The van der Waals surface area contributed by atoms with E-state index in [9.17, 15) is 9.18 Å². The van der Waals surface area contributed by atoms with E-state index in [-0.39, 0.29) is 23.7 Å². The minimum absolute atomic E-state index is 0.113. The van der Waals surface area contributed by atoms with Gasteiger partial charge in [0.25, 0.3) is 5.91 Å². The Bertz CT molecular complexity index is 837. The van der Waals surface area contributed by atoms with Gasteiger partial charge in [-0.2, -0.15) is 0 Å². The van der Waals surface area contributed by atoms with Crippen LogP contribution in [0.3, 0.4) is 0 Å². The van der Waals surface area contributed by atoms with Crippen LogP contribution in [-0.2, 0) is 0 Å². The Balaban J connectivity index is 1.45. The zero-order chi connectivity index (χ0) is 19.5. The van der Waals surface area contributed by atoms with Crippen LogP contribution >= 0.6 is 0 Å². The van der Waals surface area contributed by atoms with Crippen LogP contribution in [0.2, 0.25) is 0 Å². The molecule has 6 nitrogen and oxygen atoms in total. The summed E-state index contributed by atoms with van der Waals surface area (Å²) in [4.78, 5) is 18.8.